The van der Waals surface area contributed by atoms with E-state index in [1.54, 1.807) is 0 Å². The second-order valence-electron chi connectivity index (χ2n) is 4.53. The zero-order chi connectivity index (χ0) is 16.2. The van der Waals surface area contributed by atoms with Crippen LogP contribution >= 0.6 is 23.1 Å². The van der Waals surface area contributed by atoms with E-state index in [4.69, 9.17) is 11.5 Å². The second-order valence-corrected chi connectivity index (χ2v) is 7.13. The summed E-state index contributed by atoms with van der Waals surface area (Å²) in [7, 11) is 0. The Kier molecular flexibility index (Phi) is 4.53. The molecular formula is C13H14N8S2. The van der Waals surface area contributed by atoms with Crippen LogP contribution in [0, 0.1) is 0 Å². The van der Waals surface area contributed by atoms with Gasteiger partial charge in [0.25, 0.3) is 0 Å². The molecule has 0 aliphatic carbocycles. The lowest BCUT2D eigenvalue weighted by molar-refractivity contribution is 0.892. The lowest BCUT2D eigenvalue weighted by Gasteiger charge is -2.10. The minimum atomic E-state index is -0.0658. The molecule has 8 nitrogen and oxygen atoms in total. The van der Waals surface area contributed by atoms with Crippen molar-refractivity contribution >= 4 is 45.8 Å². The molecule has 10 heteroatoms. The summed E-state index contributed by atoms with van der Waals surface area (Å²) in [6.45, 7) is 1.96. The molecule has 0 saturated heterocycles. The van der Waals surface area contributed by atoms with Crippen molar-refractivity contribution in [3.05, 3.63) is 36.2 Å². The third-order valence-electron chi connectivity index (χ3n) is 2.76. The van der Waals surface area contributed by atoms with Gasteiger partial charge in [-0.15, -0.1) is 10.2 Å². The number of benzene rings is 1. The second kappa shape index (κ2) is 6.75. The van der Waals surface area contributed by atoms with Crippen molar-refractivity contribution in [1.29, 1.82) is 0 Å². The first-order chi connectivity index (χ1) is 11.1. The highest BCUT2D eigenvalue weighted by Gasteiger charge is 2.16. The maximum atomic E-state index is 5.79. The molecule has 23 heavy (non-hydrogen) atoms. The minimum absolute atomic E-state index is 0.0658. The van der Waals surface area contributed by atoms with Crippen molar-refractivity contribution in [2.75, 3.05) is 16.8 Å². The molecule has 0 saturated carbocycles. The fourth-order valence-electron chi connectivity index (χ4n) is 1.77. The molecule has 118 valence electrons. The highest BCUT2D eigenvalue weighted by molar-refractivity contribution is 8.01. The SMILES string of the molecule is CC(Sc1nnc(N)s1)c1nc(N)nc(Nc2ccccc2)n1. The Morgan fingerprint density at radius 3 is 2.57 bits per heavy atom. The normalized spacial score (nSPS) is 12.0. The standard InChI is InChI=1S/C13H14N8S2/c1-7(22-13-21-20-11(15)23-13)9-17-10(14)19-12(18-9)16-8-5-3-2-4-6-8/h2-7H,1H3,(H2,15,20)(H3,14,16,17,18,19). The van der Waals surface area contributed by atoms with Gasteiger partial charge in [0, 0.05) is 5.69 Å². The summed E-state index contributed by atoms with van der Waals surface area (Å²) < 4.78 is 0.756. The van der Waals surface area contributed by atoms with E-state index < -0.39 is 0 Å². The molecule has 0 aliphatic rings. The quantitative estimate of drug-likeness (QED) is 0.596. The summed E-state index contributed by atoms with van der Waals surface area (Å²) in [4.78, 5) is 12.7. The molecule has 0 bridgehead atoms. The first-order valence-electron chi connectivity index (χ1n) is 6.69. The van der Waals surface area contributed by atoms with Crippen molar-refractivity contribution < 1.29 is 0 Å². The van der Waals surface area contributed by atoms with Crippen LogP contribution in [-0.4, -0.2) is 25.1 Å². The van der Waals surface area contributed by atoms with Crippen LogP contribution in [0.4, 0.5) is 22.7 Å². The number of aromatic nitrogens is 5. The van der Waals surface area contributed by atoms with Crippen LogP contribution in [0.15, 0.2) is 34.7 Å². The van der Waals surface area contributed by atoms with Gasteiger partial charge in [-0.2, -0.15) is 15.0 Å². The van der Waals surface area contributed by atoms with Crippen molar-refractivity contribution in [3.8, 4) is 0 Å². The zero-order valence-electron chi connectivity index (χ0n) is 12.2. The third-order valence-corrected chi connectivity index (χ3v) is 4.70. The van der Waals surface area contributed by atoms with E-state index >= 15 is 0 Å². The number of nitrogen functional groups attached to an aromatic ring is 2. The smallest absolute Gasteiger partial charge is 0.232 e. The van der Waals surface area contributed by atoms with Crippen LogP contribution in [0.25, 0.3) is 0 Å². The van der Waals surface area contributed by atoms with E-state index in [9.17, 15) is 0 Å². The van der Waals surface area contributed by atoms with Gasteiger partial charge in [0.05, 0.1) is 5.25 Å². The number of anilines is 4. The summed E-state index contributed by atoms with van der Waals surface area (Å²) in [5.74, 6) is 1.13. The van der Waals surface area contributed by atoms with Gasteiger partial charge >= 0.3 is 0 Å². The largest absolute Gasteiger partial charge is 0.374 e. The van der Waals surface area contributed by atoms with E-state index in [-0.39, 0.29) is 11.2 Å². The molecule has 2 heterocycles. The molecule has 0 radical (unpaired) electrons. The maximum absolute atomic E-state index is 5.79. The van der Waals surface area contributed by atoms with E-state index in [0.717, 1.165) is 10.0 Å². The Morgan fingerprint density at radius 1 is 1.09 bits per heavy atom. The van der Waals surface area contributed by atoms with Crippen LogP contribution in [-0.2, 0) is 0 Å². The minimum Gasteiger partial charge on any atom is -0.374 e. The number of hydrogen-bond acceptors (Lipinski definition) is 10. The summed E-state index contributed by atoms with van der Waals surface area (Å²) in [5, 5.41) is 11.2. The fourth-order valence-corrected chi connectivity index (χ4v) is 3.59. The van der Waals surface area contributed by atoms with Crippen molar-refractivity contribution in [1.82, 2.24) is 25.1 Å². The fraction of sp³-hybridized carbons (Fsp3) is 0.154. The Hall–Kier alpha value is -2.46. The maximum Gasteiger partial charge on any atom is 0.232 e. The molecule has 0 fully saturated rings. The van der Waals surface area contributed by atoms with Crippen LogP contribution in [0.3, 0.4) is 0 Å². The van der Waals surface area contributed by atoms with Gasteiger partial charge in [-0.1, -0.05) is 41.3 Å². The average molecular weight is 346 g/mol. The van der Waals surface area contributed by atoms with Gasteiger partial charge < -0.3 is 16.8 Å². The molecule has 2 aromatic heterocycles. The Bertz CT molecular complexity index is 792. The molecular weight excluding hydrogens is 332 g/mol. The molecule has 3 aromatic rings. The monoisotopic (exact) mass is 346 g/mol. The highest BCUT2D eigenvalue weighted by atomic mass is 32.2. The Morgan fingerprint density at radius 2 is 1.87 bits per heavy atom. The summed E-state index contributed by atoms with van der Waals surface area (Å²) in [6.07, 6.45) is 0. The Labute approximate surface area is 140 Å². The van der Waals surface area contributed by atoms with E-state index in [1.807, 2.05) is 37.3 Å². The first kappa shape index (κ1) is 15.4. The zero-order valence-corrected chi connectivity index (χ0v) is 13.8. The van der Waals surface area contributed by atoms with Gasteiger partial charge in [0.2, 0.25) is 17.0 Å². The molecule has 0 spiro atoms. The molecule has 3 rings (SSSR count). The molecule has 0 amide bonds. The van der Waals surface area contributed by atoms with E-state index in [2.05, 4.69) is 30.5 Å². The van der Waals surface area contributed by atoms with E-state index in [1.165, 1.54) is 23.1 Å². The lowest BCUT2D eigenvalue weighted by Crippen LogP contribution is -2.08. The summed E-state index contributed by atoms with van der Waals surface area (Å²) in [6, 6.07) is 9.62. The van der Waals surface area contributed by atoms with Gasteiger partial charge in [0.1, 0.15) is 5.82 Å². The molecule has 1 aromatic carbocycles. The topological polar surface area (TPSA) is 129 Å². The van der Waals surface area contributed by atoms with Gasteiger partial charge in [-0.25, -0.2) is 0 Å². The number of thioether (sulfide) groups is 1. The molecule has 1 unspecified atom stereocenters. The van der Waals surface area contributed by atoms with Crippen molar-refractivity contribution in [3.63, 3.8) is 0 Å². The van der Waals surface area contributed by atoms with Crippen LogP contribution < -0.4 is 16.8 Å². The third kappa shape index (κ3) is 4.05. The van der Waals surface area contributed by atoms with Crippen LogP contribution in [0.2, 0.25) is 0 Å². The number of para-hydroxylation sites is 1. The Balaban J connectivity index is 1.79. The number of rotatable bonds is 5. The van der Waals surface area contributed by atoms with Crippen molar-refractivity contribution in [2.24, 2.45) is 0 Å². The number of nitrogens with one attached hydrogen (secondary N) is 1. The lowest BCUT2D eigenvalue weighted by atomic mass is 10.3. The summed E-state index contributed by atoms with van der Waals surface area (Å²) in [5.41, 5.74) is 12.3. The van der Waals surface area contributed by atoms with Crippen LogP contribution in [0.5, 0.6) is 0 Å². The van der Waals surface area contributed by atoms with Crippen molar-refractivity contribution in [2.45, 2.75) is 16.5 Å². The van der Waals surface area contributed by atoms with Gasteiger partial charge in [-0.3, -0.25) is 0 Å². The highest BCUT2D eigenvalue weighted by Crippen LogP contribution is 2.35. The number of nitrogens with zero attached hydrogens (tertiary/aromatic N) is 5. The summed E-state index contributed by atoms with van der Waals surface area (Å²) >= 11 is 2.79. The van der Waals surface area contributed by atoms with Crippen LogP contribution in [0.1, 0.15) is 18.0 Å². The molecule has 0 aliphatic heterocycles. The first-order valence-corrected chi connectivity index (χ1v) is 8.39. The van der Waals surface area contributed by atoms with Gasteiger partial charge in [0.15, 0.2) is 4.34 Å². The molecule has 1 atom stereocenters. The number of hydrogen-bond donors (Lipinski definition) is 3. The number of nitrogens with two attached hydrogens (primary N) is 2. The molecule has 5 N–H and O–H groups in total. The predicted octanol–water partition coefficient (Wildman–Crippen LogP) is 2.48. The predicted molar refractivity (Wildman–Crippen MR) is 92.6 cm³/mol. The van der Waals surface area contributed by atoms with E-state index in [0.29, 0.717) is 16.9 Å². The average Bonchev–Trinajstić information content (AvgIpc) is 2.93. The van der Waals surface area contributed by atoms with Gasteiger partial charge in [-0.05, 0) is 19.1 Å².